The van der Waals surface area contributed by atoms with Gasteiger partial charge >= 0.3 is 5.97 Å². The Morgan fingerprint density at radius 1 is 1.26 bits per heavy atom. The van der Waals surface area contributed by atoms with Gasteiger partial charge in [-0.2, -0.15) is 0 Å². The van der Waals surface area contributed by atoms with Crippen LogP contribution in [0.3, 0.4) is 0 Å². The van der Waals surface area contributed by atoms with Crippen molar-refractivity contribution in [2.45, 2.75) is 26.2 Å². The summed E-state index contributed by atoms with van der Waals surface area (Å²) in [6.07, 6.45) is 5.02. The number of nitrogens with zero attached hydrogens (tertiary/aromatic N) is 1. The number of rotatable bonds is 9. The largest absolute Gasteiger partial charge is 0.465 e. The highest BCUT2D eigenvalue weighted by molar-refractivity contribution is 8.26. The Hall–Kier alpha value is -2.91. The minimum atomic E-state index is -0.386. The number of nitrogens with one attached hydrogen (secondary N) is 1. The summed E-state index contributed by atoms with van der Waals surface area (Å²) in [5.41, 5.74) is 0.980. The van der Waals surface area contributed by atoms with Crippen LogP contribution in [0, 0.1) is 0 Å². The molecule has 1 aliphatic rings. The van der Waals surface area contributed by atoms with Crippen molar-refractivity contribution in [2.75, 3.05) is 18.5 Å². The van der Waals surface area contributed by atoms with Crippen LogP contribution in [0.5, 0.6) is 0 Å². The summed E-state index contributed by atoms with van der Waals surface area (Å²) >= 11 is 6.45. The quantitative estimate of drug-likeness (QED) is 0.257. The Morgan fingerprint density at radius 3 is 2.71 bits per heavy atom. The predicted molar refractivity (Wildman–Crippen MR) is 123 cm³/mol. The molecule has 0 saturated carbocycles. The van der Waals surface area contributed by atoms with E-state index in [2.05, 4.69) is 5.32 Å². The van der Waals surface area contributed by atoms with Crippen LogP contribution >= 0.6 is 24.0 Å². The van der Waals surface area contributed by atoms with Gasteiger partial charge in [0.2, 0.25) is 5.91 Å². The first kappa shape index (κ1) is 22.8. The number of carbonyl (C=O) groups is 3. The highest BCUT2D eigenvalue weighted by atomic mass is 32.2. The average molecular weight is 459 g/mol. The van der Waals surface area contributed by atoms with E-state index in [1.165, 1.54) is 22.9 Å². The Bertz CT molecular complexity index is 984. The number of hydrogen-bond donors (Lipinski definition) is 1. The van der Waals surface area contributed by atoms with Crippen LogP contribution in [0.15, 0.2) is 52.0 Å². The molecule has 2 aromatic rings. The van der Waals surface area contributed by atoms with Gasteiger partial charge in [0.25, 0.3) is 5.91 Å². The first-order valence-corrected chi connectivity index (χ1v) is 11.1. The van der Waals surface area contributed by atoms with E-state index < -0.39 is 0 Å². The molecule has 0 spiro atoms. The molecule has 1 aliphatic heterocycles. The van der Waals surface area contributed by atoms with Crippen molar-refractivity contribution < 1.29 is 23.5 Å². The Kier molecular flexibility index (Phi) is 8.02. The standard InChI is InChI=1S/C22H22N2O5S2/c1-2-3-12-29-21(27)15-6-8-16(9-7-15)23-19(25)10-11-24-20(26)18(31-22(24)30)14-17-5-4-13-28-17/h4-9,13-14H,2-3,10-12H2,1H3,(H,23,25). The molecule has 1 aromatic heterocycles. The van der Waals surface area contributed by atoms with Crippen LogP contribution in [0.1, 0.15) is 42.3 Å². The first-order chi connectivity index (χ1) is 15.0. The molecule has 2 amide bonds. The van der Waals surface area contributed by atoms with Crippen molar-refractivity contribution in [3.8, 4) is 0 Å². The van der Waals surface area contributed by atoms with Crippen LogP contribution in [0.25, 0.3) is 6.08 Å². The number of thioether (sulfide) groups is 1. The third kappa shape index (κ3) is 6.28. The summed E-state index contributed by atoms with van der Waals surface area (Å²) in [7, 11) is 0. The van der Waals surface area contributed by atoms with Crippen LogP contribution < -0.4 is 5.32 Å². The maximum absolute atomic E-state index is 12.5. The summed E-state index contributed by atoms with van der Waals surface area (Å²) in [6.45, 7) is 2.59. The summed E-state index contributed by atoms with van der Waals surface area (Å²) in [4.78, 5) is 38.6. The minimum absolute atomic E-state index is 0.0846. The molecule has 1 saturated heterocycles. The third-order valence-corrected chi connectivity index (χ3v) is 5.77. The molecule has 2 heterocycles. The number of amides is 2. The van der Waals surface area contributed by atoms with Gasteiger partial charge in [0, 0.05) is 24.7 Å². The van der Waals surface area contributed by atoms with E-state index in [0.29, 0.717) is 32.8 Å². The predicted octanol–water partition coefficient (Wildman–Crippen LogP) is 4.47. The molecule has 1 fully saturated rings. The molecule has 7 nitrogen and oxygen atoms in total. The zero-order chi connectivity index (χ0) is 22.2. The first-order valence-electron chi connectivity index (χ1n) is 9.84. The van der Waals surface area contributed by atoms with Gasteiger partial charge in [-0.25, -0.2) is 4.79 Å². The zero-order valence-electron chi connectivity index (χ0n) is 17.0. The van der Waals surface area contributed by atoms with Gasteiger partial charge < -0.3 is 14.5 Å². The fourth-order valence-electron chi connectivity index (χ4n) is 2.71. The fourth-order valence-corrected chi connectivity index (χ4v) is 4.00. The SMILES string of the molecule is CCCCOC(=O)c1ccc(NC(=O)CCN2C(=O)C(=Cc3ccco3)SC2=S)cc1. The van der Waals surface area contributed by atoms with Gasteiger partial charge in [0.05, 0.1) is 23.3 Å². The van der Waals surface area contributed by atoms with E-state index in [1.807, 2.05) is 6.92 Å². The number of hydrogen-bond acceptors (Lipinski definition) is 7. The van der Waals surface area contributed by atoms with E-state index in [0.717, 1.165) is 12.8 Å². The molecule has 0 radical (unpaired) electrons. The van der Waals surface area contributed by atoms with Crippen LogP contribution in [0.2, 0.25) is 0 Å². The average Bonchev–Trinajstić information content (AvgIpc) is 3.35. The Morgan fingerprint density at radius 2 is 2.03 bits per heavy atom. The van der Waals surface area contributed by atoms with E-state index in [1.54, 1.807) is 42.5 Å². The summed E-state index contributed by atoms with van der Waals surface area (Å²) in [5, 5.41) is 2.75. The van der Waals surface area contributed by atoms with Crippen LogP contribution in [0.4, 0.5) is 5.69 Å². The second-order valence-electron chi connectivity index (χ2n) is 6.71. The van der Waals surface area contributed by atoms with E-state index in [9.17, 15) is 14.4 Å². The zero-order valence-corrected chi connectivity index (χ0v) is 18.6. The molecule has 3 rings (SSSR count). The van der Waals surface area contributed by atoms with Crippen LogP contribution in [-0.2, 0) is 14.3 Å². The topological polar surface area (TPSA) is 88.9 Å². The highest BCUT2D eigenvalue weighted by Crippen LogP contribution is 2.32. The number of unbranched alkanes of at least 4 members (excludes halogenated alkanes) is 1. The lowest BCUT2D eigenvalue weighted by molar-refractivity contribution is -0.122. The molecule has 1 aromatic carbocycles. The van der Waals surface area contributed by atoms with E-state index >= 15 is 0 Å². The van der Waals surface area contributed by atoms with Gasteiger partial charge in [0.1, 0.15) is 10.1 Å². The lowest BCUT2D eigenvalue weighted by Crippen LogP contribution is -2.31. The van der Waals surface area contributed by atoms with Gasteiger partial charge in [-0.3, -0.25) is 14.5 Å². The number of furan rings is 1. The highest BCUT2D eigenvalue weighted by Gasteiger charge is 2.32. The summed E-state index contributed by atoms with van der Waals surface area (Å²) < 4.78 is 10.8. The molecule has 0 unspecified atom stereocenters. The number of ether oxygens (including phenoxy) is 1. The Balaban J connectivity index is 1.49. The van der Waals surface area contributed by atoms with Crippen molar-refractivity contribution >= 4 is 57.8 Å². The monoisotopic (exact) mass is 458 g/mol. The van der Waals surface area contributed by atoms with Crippen molar-refractivity contribution in [1.82, 2.24) is 4.90 Å². The Labute approximate surface area is 189 Å². The van der Waals surface area contributed by atoms with Crippen LogP contribution in [-0.4, -0.2) is 40.2 Å². The second kappa shape index (κ2) is 10.9. The molecular weight excluding hydrogens is 436 g/mol. The molecule has 9 heteroatoms. The van der Waals surface area contributed by atoms with E-state index in [-0.39, 0.29) is 30.7 Å². The van der Waals surface area contributed by atoms with Gasteiger partial charge in [-0.05, 0) is 42.8 Å². The van der Waals surface area contributed by atoms with E-state index in [4.69, 9.17) is 21.4 Å². The minimum Gasteiger partial charge on any atom is -0.465 e. The van der Waals surface area contributed by atoms with Gasteiger partial charge in [0.15, 0.2) is 0 Å². The molecule has 31 heavy (non-hydrogen) atoms. The number of thiocarbonyl (C=S) groups is 1. The molecule has 1 N–H and O–H groups in total. The maximum Gasteiger partial charge on any atom is 0.338 e. The number of benzene rings is 1. The normalized spacial score (nSPS) is 14.9. The summed E-state index contributed by atoms with van der Waals surface area (Å²) in [5.74, 6) is -0.327. The number of carbonyl (C=O) groups excluding carboxylic acids is 3. The van der Waals surface area contributed by atoms with Crippen molar-refractivity contribution in [1.29, 1.82) is 0 Å². The summed E-state index contributed by atoms with van der Waals surface area (Å²) in [6, 6.07) is 9.96. The lowest BCUT2D eigenvalue weighted by Gasteiger charge is -2.14. The smallest absolute Gasteiger partial charge is 0.338 e. The molecule has 0 aliphatic carbocycles. The number of anilines is 1. The van der Waals surface area contributed by atoms with Gasteiger partial charge in [-0.1, -0.05) is 37.3 Å². The fraction of sp³-hybridized carbons (Fsp3) is 0.273. The number of esters is 1. The molecular formula is C22H22N2O5S2. The van der Waals surface area contributed by atoms with Gasteiger partial charge in [-0.15, -0.1) is 0 Å². The molecule has 0 bridgehead atoms. The van der Waals surface area contributed by atoms with Crippen molar-refractivity contribution in [3.63, 3.8) is 0 Å². The maximum atomic E-state index is 12.5. The lowest BCUT2D eigenvalue weighted by atomic mass is 10.2. The van der Waals surface area contributed by atoms with Crippen molar-refractivity contribution in [2.24, 2.45) is 0 Å². The second-order valence-corrected chi connectivity index (χ2v) is 8.39. The third-order valence-electron chi connectivity index (χ3n) is 4.39. The molecule has 162 valence electrons. The van der Waals surface area contributed by atoms with Crippen molar-refractivity contribution in [3.05, 3.63) is 58.9 Å². The molecule has 0 atom stereocenters.